The molecule has 152 valence electrons. The van der Waals surface area contributed by atoms with Gasteiger partial charge in [0.2, 0.25) is 0 Å². The van der Waals surface area contributed by atoms with Crippen molar-refractivity contribution in [2.45, 2.75) is 26.2 Å². The largest absolute Gasteiger partial charge is 0.381 e. The Morgan fingerprint density at radius 1 is 1.18 bits per heavy atom. The van der Waals surface area contributed by atoms with Gasteiger partial charge in [-0.2, -0.15) is 0 Å². The van der Waals surface area contributed by atoms with E-state index in [1.807, 2.05) is 0 Å². The Labute approximate surface area is 168 Å². The summed E-state index contributed by atoms with van der Waals surface area (Å²) >= 11 is 0. The van der Waals surface area contributed by atoms with Crippen LogP contribution in [0.15, 0.2) is 47.5 Å². The molecule has 2 aromatic carbocycles. The number of rotatable bonds is 10. The molecule has 5 nitrogen and oxygen atoms in total. The monoisotopic (exact) mass is 383 g/mol. The van der Waals surface area contributed by atoms with Crippen LogP contribution in [0.4, 0.5) is 0 Å². The molecule has 0 bridgehead atoms. The van der Waals surface area contributed by atoms with E-state index in [0.29, 0.717) is 5.92 Å². The summed E-state index contributed by atoms with van der Waals surface area (Å²) in [7, 11) is 0. The molecule has 0 aliphatic carbocycles. The fourth-order valence-electron chi connectivity index (χ4n) is 3.38. The molecule has 1 atom stereocenters. The number of nitrogens with one attached hydrogen (secondary N) is 2. The van der Waals surface area contributed by atoms with Crippen LogP contribution < -0.4 is 10.6 Å². The molecule has 2 N–H and O–H groups in total. The Morgan fingerprint density at radius 3 is 2.89 bits per heavy atom. The van der Waals surface area contributed by atoms with Crippen LogP contribution in [0.25, 0.3) is 10.8 Å². The van der Waals surface area contributed by atoms with Gasteiger partial charge in [0.1, 0.15) is 0 Å². The molecule has 1 aliphatic heterocycles. The van der Waals surface area contributed by atoms with Crippen molar-refractivity contribution in [3.8, 4) is 0 Å². The lowest BCUT2D eigenvalue weighted by atomic mass is 10.1. The molecular weight excluding hydrogens is 350 g/mol. The van der Waals surface area contributed by atoms with E-state index in [0.717, 1.165) is 71.3 Å². The van der Waals surface area contributed by atoms with Crippen LogP contribution in [0.2, 0.25) is 0 Å². The number of fused-ring (bicyclic) bond motifs is 1. The third-order valence-corrected chi connectivity index (χ3v) is 4.96. The molecule has 0 saturated carbocycles. The van der Waals surface area contributed by atoms with Crippen molar-refractivity contribution in [2.24, 2.45) is 10.9 Å². The van der Waals surface area contributed by atoms with Gasteiger partial charge in [-0.3, -0.25) is 4.99 Å². The van der Waals surface area contributed by atoms with Gasteiger partial charge in [-0.1, -0.05) is 42.5 Å². The van der Waals surface area contributed by atoms with Crippen LogP contribution in [0.3, 0.4) is 0 Å². The molecule has 0 spiro atoms. The summed E-state index contributed by atoms with van der Waals surface area (Å²) in [6.45, 7) is 7.89. The lowest BCUT2D eigenvalue weighted by Gasteiger charge is -2.12. The average Bonchev–Trinajstić information content (AvgIpc) is 3.24. The molecule has 1 heterocycles. The first kappa shape index (κ1) is 20.6. The molecule has 2 aromatic rings. The molecule has 1 aliphatic rings. The number of benzene rings is 2. The van der Waals surface area contributed by atoms with Gasteiger partial charge in [0.15, 0.2) is 5.96 Å². The van der Waals surface area contributed by atoms with Crippen molar-refractivity contribution in [1.82, 2.24) is 10.6 Å². The Morgan fingerprint density at radius 2 is 2.07 bits per heavy atom. The van der Waals surface area contributed by atoms with Gasteiger partial charge >= 0.3 is 0 Å². The van der Waals surface area contributed by atoms with Crippen LogP contribution in [-0.2, 0) is 15.9 Å². The second kappa shape index (κ2) is 11.7. The summed E-state index contributed by atoms with van der Waals surface area (Å²) in [6, 6.07) is 15.2. The van der Waals surface area contributed by atoms with Gasteiger partial charge in [0.25, 0.3) is 0 Å². The molecule has 28 heavy (non-hydrogen) atoms. The Bertz CT molecular complexity index is 741. The highest BCUT2D eigenvalue weighted by molar-refractivity contribution is 5.83. The normalized spacial score (nSPS) is 17.2. The van der Waals surface area contributed by atoms with Gasteiger partial charge in [-0.25, -0.2) is 0 Å². The first-order valence-electron chi connectivity index (χ1n) is 10.5. The molecule has 1 unspecified atom stereocenters. The highest BCUT2D eigenvalue weighted by atomic mass is 16.5. The Kier molecular flexibility index (Phi) is 8.59. The van der Waals surface area contributed by atoms with Gasteiger partial charge in [-0.15, -0.1) is 0 Å². The van der Waals surface area contributed by atoms with E-state index in [1.54, 1.807) is 0 Å². The number of hydrogen-bond acceptors (Lipinski definition) is 3. The van der Waals surface area contributed by atoms with Gasteiger partial charge in [0.05, 0.1) is 13.2 Å². The summed E-state index contributed by atoms with van der Waals surface area (Å²) < 4.78 is 11.1. The Balaban J connectivity index is 1.36. The number of ether oxygens (including phenoxy) is 2. The topological polar surface area (TPSA) is 54.9 Å². The zero-order valence-electron chi connectivity index (χ0n) is 17.0. The van der Waals surface area contributed by atoms with E-state index in [2.05, 4.69) is 65.0 Å². The highest BCUT2D eigenvalue weighted by Crippen LogP contribution is 2.15. The quantitative estimate of drug-likeness (QED) is 0.375. The lowest BCUT2D eigenvalue weighted by Crippen LogP contribution is -2.38. The van der Waals surface area contributed by atoms with Crippen molar-refractivity contribution in [2.75, 3.05) is 46.1 Å². The molecule has 0 radical (unpaired) electrons. The van der Waals surface area contributed by atoms with Crippen LogP contribution in [0.5, 0.6) is 0 Å². The summed E-state index contributed by atoms with van der Waals surface area (Å²) in [6.07, 6.45) is 3.04. The summed E-state index contributed by atoms with van der Waals surface area (Å²) in [5.41, 5.74) is 1.34. The maximum Gasteiger partial charge on any atom is 0.191 e. The zero-order valence-corrected chi connectivity index (χ0v) is 17.0. The molecule has 1 saturated heterocycles. The van der Waals surface area contributed by atoms with Crippen LogP contribution in [-0.4, -0.2) is 52.0 Å². The molecular formula is C23H33N3O2. The highest BCUT2D eigenvalue weighted by Gasteiger charge is 2.15. The van der Waals surface area contributed by atoms with Crippen LogP contribution in [0, 0.1) is 5.92 Å². The fourth-order valence-corrected chi connectivity index (χ4v) is 3.38. The second-order valence-corrected chi connectivity index (χ2v) is 7.28. The summed E-state index contributed by atoms with van der Waals surface area (Å²) in [5, 5.41) is 9.33. The number of guanidine groups is 1. The maximum atomic E-state index is 5.74. The minimum absolute atomic E-state index is 0.581. The standard InChI is InChI=1S/C23H33N3O2/c1-2-24-23(25-12-5-14-27-17-20-11-15-28-18-20)26-13-10-19-8-9-21-6-3-4-7-22(21)16-19/h3-4,6-9,16,20H,2,5,10-15,17-18H2,1H3,(H2,24,25,26). The minimum Gasteiger partial charge on any atom is -0.381 e. The minimum atomic E-state index is 0.581. The smallest absolute Gasteiger partial charge is 0.191 e. The molecule has 0 aromatic heterocycles. The molecule has 1 fully saturated rings. The number of hydrogen-bond donors (Lipinski definition) is 2. The molecule has 3 rings (SSSR count). The first-order chi connectivity index (χ1) is 13.8. The molecule has 5 heteroatoms. The van der Waals surface area contributed by atoms with Gasteiger partial charge in [-0.05, 0) is 42.5 Å². The lowest BCUT2D eigenvalue weighted by molar-refractivity contribution is 0.0893. The predicted octanol–water partition coefficient (Wildman–Crippen LogP) is 3.38. The Hall–Kier alpha value is -2.11. The zero-order chi connectivity index (χ0) is 19.4. The van der Waals surface area contributed by atoms with E-state index < -0.39 is 0 Å². The maximum absolute atomic E-state index is 5.74. The van der Waals surface area contributed by atoms with E-state index in [4.69, 9.17) is 9.47 Å². The van der Waals surface area contributed by atoms with Gasteiger partial charge < -0.3 is 20.1 Å². The van der Waals surface area contributed by atoms with Gasteiger partial charge in [0, 0.05) is 38.8 Å². The van der Waals surface area contributed by atoms with Crippen LogP contribution >= 0.6 is 0 Å². The number of nitrogens with zero attached hydrogens (tertiary/aromatic N) is 1. The van der Waals surface area contributed by atoms with E-state index >= 15 is 0 Å². The predicted molar refractivity (Wildman–Crippen MR) is 116 cm³/mol. The number of aliphatic imine (C=N–C) groups is 1. The summed E-state index contributed by atoms with van der Waals surface area (Å²) in [5.74, 6) is 1.46. The van der Waals surface area contributed by atoms with E-state index in [1.165, 1.54) is 16.3 Å². The average molecular weight is 384 g/mol. The van der Waals surface area contributed by atoms with Crippen molar-refractivity contribution < 1.29 is 9.47 Å². The van der Waals surface area contributed by atoms with Crippen molar-refractivity contribution in [3.05, 3.63) is 48.0 Å². The third-order valence-electron chi connectivity index (χ3n) is 4.96. The van der Waals surface area contributed by atoms with Crippen molar-refractivity contribution >= 4 is 16.7 Å². The van der Waals surface area contributed by atoms with Crippen molar-refractivity contribution in [1.29, 1.82) is 0 Å². The van der Waals surface area contributed by atoms with E-state index in [-0.39, 0.29) is 0 Å². The first-order valence-corrected chi connectivity index (χ1v) is 10.5. The third kappa shape index (κ3) is 6.80. The SMILES string of the molecule is CCNC(=NCCCOCC1CCOC1)NCCc1ccc2ccccc2c1. The van der Waals surface area contributed by atoms with Crippen molar-refractivity contribution in [3.63, 3.8) is 0 Å². The fraction of sp³-hybridized carbons (Fsp3) is 0.522. The van der Waals surface area contributed by atoms with Crippen LogP contribution in [0.1, 0.15) is 25.3 Å². The second-order valence-electron chi connectivity index (χ2n) is 7.28. The summed E-state index contributed by atoms with van der Waals surface area (Å²) in [4.78, 5) is 4.65. The molecule has 0 amide bonds. The van der Waals surface area contributed by atoms with E-state index in [9.17, 15) is 0 Å².